The summed E-state index contributed by atoms with van der Waals surface area (Å²) in [6, 6.07) is 0. The number of hydroxylamine groups is 1. The number of hydrogen-bond donors (Lipinski definition) is 3. The van der Waals surface area contributed by atoms with Crippen LogP contribution in [0.1, 0.15) is 12.6 Å². The Balaban J connectivity index is 2.24. The van der Waals surface area contributed by atoms with Gasteiger partial charge in [0.2, 0.25) is 0 Å². The molecule has 1 fully saturated rings. The molecule has 1 aliphatic rings. The molecule has 2 rings (SSSR count). The van der Waals surface area contributed by atoms with Crippen LogP contribution in [0, 0.1) is 0 Å². The zero-order valence-electron chi connectivity index (χ0n) is 13.9. The molecule has 0 saturated carbocycles. The van der Waals surface area contributed by atoms with E-state index in [2.05, 4.69) is 46.1 Å². The van der Waals surface area contributed by atoms with Crippen molar-refractivity contribution in [3.05, 3.63) is 16.6 Å². The number of aliphatic hydroxyl groups excluding tert-OH is 2. The number of rotatable bonds is 6. The van der Waals surface area contributed by atoms with Crippen LogP contribution in [0.3, 0.4) is 0 Å². The molecule has 1 aliphatic heterocycles. The third-order valence-electron chi connectivity index (χ3n) is 3.73. The van der Waals surface area contributed by atoms with Gasteiger partial charge in [-0.25, -0.2) is 0 Å². The molecule has 1 aromatic heterocycles. The number of aliphatic hydroxyl groups is 2. The van der Waals surface area contributed by atoms with Gasteiger partial charge in [-0.3, -0.25) is 0 Å². The molecule has 1 aromatic rings. The van der Waals surface area contributed by atoms with Gasteiger partial charge in [-0.2, -0.15) is 0 Å². The fourth-order valence-corrected chi connectivity index (χ4v) is 3.93. The van der Waals surface area contributed by atoms with Crippen LogP contribution in [0.4, 0.5) is 0 Å². The van der Waals surface area contributed by atoms with Crippen LogP contribution in [0.15, 0.2) is 11.0 Å². The van der Waals surface area contributed by atoms with Crippen molar-refractivity contribution in [3.63, 3.8) is 0 Å². The Labute approximate surface area is 148 Å². The van der Waals surface area contributed by atoms with Crippen molar-refractivity contribution in [2.75, 3.05) is 26.5 Å². The topological polar surface area (TPSA) is 106 Å². The first kappa shape index (κ1) is 19.7. The van der Waals surface area contributed by atoms with Crippen molar-refractivity contribution in [1.82, 2.24) is 15.0 Å². The van der Waals surface area contributed by atoms with E-state index in [0.717, 1.165) is 6.16 Å². The normalized spacial score (nSPS) is 27.4. The first-order chi connectivity index (χ1) is 11.1. The summed E-state index contributed by atoms with van der Waals surface area (Å²) in [6.07, 6.45) is 3.46. The van der Waals surface area contributed by atoms with Crippen LogP contribution in [-0.2, 0) is 4.74 Å². The van der Waals surface area contributed by atoms with Crippen LogP contribution < -0.4 is 20.6 Å². The van der Waals surface area contributed by atoms with Crippen molar-refractivity contribution in [2.45, 2.75) is 31.0 Å². The molecule has 1 radical (unpaired) electrons. The van der Waals surface area contributed by atoms with E-state index >= 15 is 0 Å². The first-order valence-corrected chi connectivity index (χ1v) is 11.4. The van der Waals surface area contributed by atoms with E-state index in [1.807, 2.05) is 0 Å². The zero-order valence-corrected chi connectivity index (χ0v) is 16.5. The number of nitrogens with zero attached hydrogens (tertiary/aromatic N) is 2. The molecule has 4 atom stereocenters. The van der Waals surface area contributed by atoms with E-state index in [1.54, 1.807) is 0 Å². The van der Waals surface area contributed by atoms with Crippen LogP contribution >= 0.6 is 6.89 Å². The second kappa shape index (κ2) is 7.70. The summed E-state index contributed by atoms with van der Waals surface area (Å²) in [7, 11) is 1.51. The van der Waals surface area contributed by atoms with Gasteiger partial charge in [-0.05, 0) is 0 Å². The van der Waals surface area contributed by atoms with E-state index in [1.165, 1.54) is 17.8 Å². The maximum absolute atomic E-state index is 11.8. The Morgan fingerprint density at radius 2 is 2.17 bits per heavy atom. The first-order valence-electron chi connectivity index (χ1n) is 7.47. The molecule has 0 bridgehead atoms. The van der Waals surface area contributed by atoms with Gasteiger partial charge in [-0.15, -0.1) is 0 Å². The van der Waals surface area contributed by atoms with E-state index in [4.69, 9.17) is 9.57 Å². The third-order valence-corrected chi connectivity index (χ3v) is 5.83. The monoisotopic (exact) mass is 424 g/mol. The van der Waals surface area contributed by atoms with Gasteiger partial charge in [0.05, 0.1) is 0 Å². The summed E-state index contributed by atoms with van der Waals surface area (Å²) < 4.78 is 7.53. The van der Waals surface area contributed by atoms with Gasteiger partial charge < -0.3 is 0 Å². The van der Waals surface area contributed by atoms with Gasteiger partial charge in [0, 0.05) is 0 Å². The minimum atomic E-state index is -1.26. The number of ether oxygens (including phenoxy) is 1. The quantitative estimate of drug-likeness (QED) is 0.284. The van der Waals surface area contributed by atoms with Crippen LogP contribution in [0.5, 0.6) is 5.75 Å². The average molecular weight is 423 g/mol. The molecular weight excluding hydrogens is 400 g/mol. The Morgan fingerprint density at radius 1 is 1.50 bits per heavy atom. The molecule has 2 heterocycles. The number of nitrogens with one attached hydrogen (secondary N) is 1. The molecule has 135 valence electrons. The zero-order chi connectivity index (χ0) is 18.1. The second-order valence-corrected chi connectivity index (χ2v) is 11.5. The van der Waals surface area contributed by atoms with E-state index in [9.17, 15) is 15.0 Å². The molecule has 3 N–H and O–H groups in total. The molecule has 0 unspecified atom stereocenters. The maximum atomic E-state index is 11.8. The average Bonchev–Trinajstić information content (AvgIpc) is 2.75. The summed E-state index contributed by atoms with van der Waals surface area (Å²) >= 11 is 2.66. The minimum absolute atomic E-state index is 0.0324. The third kappa shape index (κ3) is 4.49. The van der Waals surface area contributed by atoms with E-state index in [-0.39, 0.29) is 10.5 Å². The second-order valence-electron chi connectivity index (χ2n) is 6.40. The molecule has 10 heteroatoms. The summed E-state index contributed by atoms with van der Waals surface area (Å²) in [5.41, 5.74) is 1.86. The number of hydrogen-bond acceptors (Lipinski definition) is 7. The van der Waals surface area contributed by atoms with Gasteiger partial charge in [0.25, 0.3) is 0 Å². The Hall–Kier alpha value is -0.661. The summed E-state index contributed by atoms with van der Waals surface area (Å²) in [6.45, 7) is 2.95. The van der Waals surface area contributed by atoms with E-state index in [0.29, 0.717) is 6.42 Å². The fraction of sp³-hybridized carbons (Fsp3) is 0.643. The van der Waals surface area contributed by atoms with Gasteiger partial charge in [0.1, 0.15) is 0 Å². The molecule has 0 amide bonds. The van der Waals surface area contributed by atoms with Gasteiger partial charge in [-0.1, -0.05) is 0 Å². The standard InChI is InChI=1S/C14H23N3O5PSe/c1-15-22-9-7-17(14(24)16-12(9)20)13-11(19)10(18)8(21-13)5-6-23(2,3)4/h7-8,10-11,13,15,18-19H,2,5-6H2,1,3-4H3/t8-,10-,11-,13-/m1/s1. The summed E-state index contributed by atoms with van der Waals surface area (Å²) in [5, 5.41) is 20.6. The van der Waals surface area contributed by atoms with Crippen LogP contribution in [-0.4, -0.2) is 86.9 Å². The Morgan fingerprint density at radius 3 is 2.75 bits per heavy atom. The van der Waals surface area contributed by atoms with Gasteiger partial charge >= 0.3 is 149 Å². The van der Waals surface area contributed by atoms with Crippen molar-refractivity contribution >= 4 is 33.9 Å². The van der Waals surface area contributed by atoms with Crippen molar-refractivity contribution in [3.8, 4) is 5.75 Å². The van der Waals surface area contributed by atoms with Gasteiger partial charge in [0.15, 0.2) is 0 Å². The fourth-order valence-electron chi connectivity index (χ4n) is 2.47. The molecule has 8 nitrogen and oxygen atoms in total. The van der Waals surface area contributed by atoms with Crippen molar-refractivity contribution in [1.29, 1.82) is 0 Å². The predicted molar refractivity (Wildman–Crippen MR) is 94.9 cm³/mol. The van der Waals surface area contributed by atoms with Crippen molar-refractivity contribution < 1.29 is 19.8 Å². The van der Waals surface area contributed by atoms with Crippen LogP contribution in [0.25, 0.3) is 0 Å². The molecule has 24 heavy (non-hydrogen) atoms. The summed E-state index contributed by atoms with van der Waals surface area (Å²) in [5.74, 6) is -0.0324. The molecule has 1 saturated heterocycles. The Kier molecular flexibility index (Phi) is 6.31. The molecule has 0 aliphatic carbocycles. The van der Waals surface area contributed by atoms with Crippen LogP contribution in [0.2, 0.25) is 0 Å². The Bertz CT molecular complexity index is 691. The van der Waals surface area contributed by atoms with E-state index < -0.39 is 37.0 Å². The molecule has 0 spiro atoms. The summed E-state index contributed by atoms with van der Waals surface area (Å²) in [4.78, 5) is 20.6. The molecular formula is C14H23N3O5PSe. The number of aromatic nitrogens is 2. The predicted octanol–water partition coefficient (Wildman–Crippen LogP) is -1.73. The SMILES string of the molecule is C=P(C)(C)CC[C@H]1O[C@@H](n2cc(ONC)c(=O)nc2[Se])[C@H](O)[C@@H]1O. The van der Waals surface area contributed by atoms with Crippen molar-refractivity contribution in [2.24, 2.45) is 0 Å². The molecule has 0 aromatic carbocycles.